The molecule has 3 aromatic rings. The third-order valence-electron chi connectivity index (χ3n) is 5.22. The van der Waals surface area contributed by atoms with Crippen LogP contribution < -0.4 is 5.73 Å². The van der Waals surface area contributed by atoms with Gasteiger partial charge in [0, 0.05) is 18.3 Å². The molecule has 3 rings (SSSR count). The van der Waals surface area contributed by atoms with Crippen LogP contribution >= 0.6 is 0 Å². The number of fused-ring (bicyclic) bond motifs is 1. The topological polar surface area (TPSA) is 132 Å². The molecule has 166 valence electrons. The second-order valence-corrected chi connectivity index (χ2v) is 8.04. The number of carboxylic acid groups (broad SMARTS) is 1. The Morgan fingerprint density at radius 3 is 2.28 bits per heavy atom. The number of carbonyl (C=O) groups is 4. The van der Waals surface area contributed by atoms with E-state index in [-0.39, 0.29) is 22.7 Å². The van der Waals surface area contributed by atoms with Crippen molar-refractivity contribution in [2.75, 3.05) is 0 Å². The molecular formula is C24H25N3O5. The first-order valence-corrected chi connectivity index (χ1v) is 10.4. The number of amides is 1. The maximum absolute atomic E-state index is 12.8. The highest BCUT2D eigenvalue weighted by molar-refractivity contribution is 6.46. The molecule has 0 saturated heterocycles. The van der Waals surface area contributed by atoms with Crippen LogP contribution in [0.3, 0.4) is 0 Å². The van der Waals surface area contributed by atoms with E-state index in [0.29, 0.717) is 36.2 Å². The van der Waals surface area contributed by atoms with Gasteiger partial charge in [0.05, 0.1) is 16.8 Å². The summed E-state index contributed by atoms with van der Waals surface area (Å²) in [5, 5.41) is 9.40. The number of carboxylic acids is 1. The summed E-state index contributed by atoms with van der Waals surface area (Å²) in [4.78, 5) is 53.2. The summed E-state index contributed by atoms with van der Waals surface area (Å²) in [6, 6.07) is 9.51. The lowest BCUT2D eigenvalue weighted by molar-refractivity contribution is -0.131. The van der Waals surface area contributed by atoms with Gasteiger partial charge in [-0.25, -0.2) is 9.78 Å². The number of nitrogens with two attached hydrogens (primary N) is 1. The third-order valence-corrected chi connectivity index (χ3v) is 5.22. The molecule has 1 amide bonds. The van der Waals surface area contributed by atoms with Crippen molar-refractivity contribution in [2.24, 2.45) is 11.7 Å². The van der Waals surface area contributed by atoms with Crippen LogP contribution in [0.4, 0.5) is 0 Å². The van der Waals surface area contributed by atoms with E-state index in [1.165, 1.54) is 0 Å². The first-order valence-electron chi connectivity index (χ1n) is 10.4. The van der Waals surface area contributed by atoms with Crippen molar-refractivity contribution in [1.82, 2.24) is 9.38 Å². The van der Waals surface area contributed by atoms with Gasteiger partial charge in [0.1, 0.15) is 5.69 Å². The van der Waals surface area contributed by atoms with Crippen LogP contribution in [0.25, 0.3) is 5.52 Å². The van der Waals surface area contributed by atoms with Crippen LogP contribution in [-0.4, -0.2) is 37.9 Å². The Morgan fingerprint density at radius 2 is 1.75 bits per heavy atom. The van der Waals surface area contributed by atoms with Gasteiger partial charge < -0.3 is 15.2 Å². The number of carbonyl (C=O) groups excluding carboxylic acids is 3. The van der Waals surface area contributed by atoms with Crippen molar-refractivity contribution in [3.05, 3.63) is 70.3 Å². The number of Topliss-reactive ketones (excluding diaryl/α,β-unsaturated/α-hetero) is 2. The van der Waals surface area contributed by atoms with Crippen LogP contribution in [0.1, 0.15) is 64.1 Å². The van der Waals surface area contributed by atoms with Crippen LogP contribution in [-0.2, 0) is 28.9 Å². The van der Waals surface area contributed by atoms with Gasteiger partial charge in [-0.3, -0.25) is 14.4 Å². The van der Waals surface area contributed by atoms with E-state index in [1.54, 1.807) is 10.6 Å². The zero-order valence-electron chi connectivity index (χ0n) is 18.2. The molecule has 0 radical (unpaired) electrons. The van der Waals surface area contributed by atoms with E-state index in [0.717, 1.165) is 5.56 Å². The molecule has 0 spiro atoms. The molecule has 0 aliphatic heterocycles. The molecule has 3 N–H and O–H groups in total. The highest BCUT2D eigenvalue weighted by Gasteiger charge is 2.31. The van der Waals surface area contributed by atoms with E-state index >= 15 is 0 Å². The number of primary amides is 1. The summed E-state index contributed by atoms with van der Waals surface area (Å²) in [5.41, 5.74) is 7.59. The fraction of sp³-hybridized carbons (Fsp3) is 0.292. The van der Waals surface area contributed by atoms with Gasteiger partial charge in [-0.2, -0.15) is 0 Å². The van der Waals surface area contributed by atoms with Crippen molar-refractivity contribution in [2.45, 2.75) is 40.0 Å². The summed E-state index contributed by atoms with van der Waals surface area (Å²) in [6.45, 7) is 5.78. The maximum Gasteiger partial charge on any atom is 0.379 e. The molecule has 0 saturated carbocycles. The number of ketones is 2. The Kier molecular flexibility index (Phi) is 6.53. The Labute approximate surface area is 185 Å². The van der Waals surface area contributed by atoms with Crippen LogP contribution in [0, 0.1) is 5.92 Å². The van der Waals surface area contributed by atoms with E-state index in [1.807, 2.05) is 51.1 Å². The molecule has 2 aromatic heterocycles. The molecule has 1 aromatic carbocycles. The second kappa shape index (κ2) is 9.13. The second-order valence-electron chi connectivity index (χ2n) is 8.04. The third kappa shape index (κ3) is 4.30. The number of hydrogen-bond acceptors (Lipinski definition) is 5. The average molecular weight is 435 g/mol. The summed E-state index contributed by atoms with van der Waals surface area (Å²) in [5.74, 6) is -4.90. The first-order chi connectivity index (χ1) is 15.1. The van der Waals surface area contributed by atoms with E-state index < -0.39 is 23.4 Å². The molecule has 0 atom stereocenters. The lowest BCUT2D eigenvalue weighted by Crippen LogP contribution is -2.25. The first kappa shape index (κ1) is 22.9. The minimum atomic E-state index is -1.69. The average Bonchev–Trinajstić information content (AvgIpc) is 3.05. The van der Waals surface area contributed by atoms with Crippen LogP contribution in [0.2, 0.25) is 0 Å². The van der Waals surface area contributed by atoms with Crippen molar-refractivity contribution in [3.63, 3.8) is 0 Å². The molecule has 0 unspecified atom stereocenters. The van der Waals surface area contributed by atoms with Crippen molar-refractivity contribution in [3.8, 4) is 0 Å². The number of benzene rings is 1. The Morgan fingerprint density at radius 1 is 1.09 bits per heavy atom. The lowest BCUT2D eigenvalue weighted by atomic mass is 9.98. The van der Waals surface area contributed by atoms with Gasteiger partial charge in [-0.1, -0.05) is 51.1 Å². The Hall–Kier alpha value is -3.81. The van der Waals surface area contributed by atoms with Gasteiger partial charge in [0.2, 0.25) is 0 Å². The fourth-order valence-corrected chi connectivity index (χ4v) is 3.94. The summed E-state index contributed by atoms with van der Waals surface area (Å²) < 4.78 is 1.64. The molecule has 0 bridgehead atoms. The summed E-state index contributed by atoms with van der Waals surface area (Å²) >= 11 is 0. The van der Waals surface area contributed by atoms with Gasteiger partial charge in [0.25, 0.3) is 17.5 Å². The van der Waals surface area contributed by atoms with Gasteiger partial charge in [0.15, 0.2) is 0 Å². The highest BCUT2D eigenvalue weighted by atomic mass is 16.4. The van der Waals surface area contributed by atoms with Crippen LogP contribution in [0.15, 0.2) is 36.5 Å². The van der Waals surface area contributed by atoms with E-state index in [9.17, 15) is 24.3 Å². The molecule has 0 fully saturated rings. The minimum Gasteiger partial charge on any atom is -0.475 e. The quantitative estimate of drug-likeness (QED) is 0.392. The number of aromatic nitrogens is 2. The number of hydrogen-bond donors (Lipinski definition) is 2. The fourth-order valence-electron chi connectivity index (χ4n) is 3.94. The van der Waals surface area contributed by atoms with Crippen molar-refractivity contribution < 1.29 is 24.3 Å². The zero-order valence-corrected chi connectivity index (χ0v) is 18.2. The molecule has 8 heteroatoms. The van der Waals surface area contributed by atoms with Crippen molar-refractivity contribution >= 4 is 29.0 Å². The number of rotatable bonds is 9. The predicted octanol–water partition coefficient (Wildman–Crippen LogP) is 2.62. The monoisotopic (exact) mass is 435 g/mol. The minimum absolute atomic E-state index is 0.0106. The summed E-state index contributed by atoms with van der Waals surface area (Å²) in [6.07, 6.45) is 2.99. The predicted molar refractivity (Wildman–Crippen MR) is 118 cm³/mol. The molecule has 8 nitrogen and oxygen atoms in total. The molecule has 32 heavy (non-hydrogen) atoms. The molecule has 2 heterocycles. The molecular weight excluding hydrogens is 410 g/mol. The smallest absolute Gasteiger partial charge is 0.379 e. The van der Waals surface area contributed by atoms with Gasteiger partial charge >= 0.3 is 5.97 Å². The number of aliphatic carboxylic acids is 1. The lowest BCUT2D eigenvalue weighted by Gasteiger charge is -2.11. The standard InChI is InChI=1S/C24H25N3O5/c1-4-16-17(11-14-8-6-5-7-9-14)27-12-15(10-13(2)3)26-19(22(29)24(31)32)20(27)18(16)21(28)23(25)30/h5-9,12-13H,4,10-11H2,1-3H3,(H2,25,30)(H,31,32). The molecule has 0 aliphatic rings. The maximum atomic E-state index is 12.8. The van der Waals surface area contributed by atoms with E-state index in [2.05, 4.69) is 4.98 Å². The highest BCUT2D eigenvalue weighted by Crippen LogP contribution is 2.30. The molecule has 0 aliphatic carbocycles. The van der Waals surface area contributed by atoms with Gasteiger partial charge in [-0.15, -0.1) is 0 Å². The number of nitrogens with zero attached hydrogens (tertiary/aromatic N) is 2. The zero-order chi connectivity index (χ0) is 23.6. The largest absolute Gasteiger partial charge is 0.475 e. The van der Waals surface area contributed by atoms with Crippen molar-refractivity contribution in [1.29, 1.82) is 0 Å². The SMILES string of the molecule is CCc1c(C(=O)C(N)=O)c2c(C(=O)C(=O)O)nc(CC(C)C)cn2c1Cc1ccccc1. The van der Waals surface area contributed by atoms with E-state index in [4.69, 9.17) is 5.73 Å². The Balaban J connectivity index is 2.46. The Bertz CT molecular complexity index is 1230. The normalized spacial score (nSPS) is 11.1. The summed E-state index contributed by atoms with van der Waals surface area (Å²) in [7, 11) is 0. The van der Waals surface area contributed by atoms with Crippen LogP contribution in [0.5, 0.6) is 0 Å². The van der Waals surface area contributed by atoms with Gasteiger partial charge in [-0.05, 0) is 29.9 Å².